The number of halogens is 2. The van der Waals surface area contributed by atoms with Gasteiger partial charge in [0.1, 0.15) is 11.6 Å². The summed E-state index contributed by atoms with van der Waals surface area (Å²) in [6, 6.07) is 14.3. The fourth-order valence-electron chi connectivity index (χ4n) is 2.41. The molecule has 0 spiro atoms. The predicted molar refractivity (Wildman–Crippen MR) is 109 cm³/mol. The molecule has 0 atom stereocenters. The Balaban J connectivity index is 1.80. The number of benzene rings is 2. The number of guanidine groups is 1. The van der Waals surface area contributed by atoms with Crippen molar-refractivity contribution in [2.24, 2.45) is 4.99 Å². The molecule has 0 aliphatic carbocycles. The number of rotatable bonds is 4. The molecule has 1 aromatic heterocycles. The van der Waals surface area contributed by atoms with Gasteiger partial charge in [0, 0.05) is 28.3 Å². The number of nitrogens with one attached hydrogen (secondary N) is 3. The molecular weight excluding hydrogens is 381 g/mol. The fourth-order valence-corrected chi connectivity index (χ4v) is 2.54. The summed E-state index contributed by atoms with van der Waals surface area (Å²) >= 11 is 5.86. The van der Waals surface area contributed by atoms with Crippen LogP contribution in [0.3, 0.4) is 0 Å². The molecule has 0 aliphatic rings. The highest BCUT2D eigenvalue weighted by Gasteiger charge is 2.11. The highest BCUT2D eigenvalue weighted by molar-refractivity contribution is 6.30. The Labute approximate surface area is 166 Å². The average molecular weight is 400 g/mol. The second kappa shape index (κ2) is 8.67. The van der Waals surface area contributed by atoms with E-state index in [1.54, 1.807) is 42.5 Å². The first-order chi connectivity index (χ1) is 13.4. The second-order valence-electron chi connectivity index (χ2n) is 6.37. The first-order valence-corrected chi connectivity index (χ1v) is 9.02. The molecule has 0 radical (unpaired) electrons. The van der Waals surface area contributed by atoms with E-state index in [0.717, 1.165) is 5.56 Å². The molecule has 2 aromatic carbocycles. The number of carbonyl (C=O) groups is 1. The summed E-state index contributed by atoms with van der Waals surface area (Å²) in [6.07, 6.45) is 0. The summed E-state index contributed by atoms with van der Waals surface area (Å²) in [5.41, 5.74) is 1.82. The zero-order chi connectivity index (χ0) is 20.1. The second-order valence-corrected chi connectivity index (χ2v) is 6.81. The average Bonchev–Trinajstić information content (AvgIpc) is 3.10. The van der Waals surface area contributed by atoms with Crippen LogP contribution in [0.1, 0.15) is 24.2 Å². The molecule has 0 unspecified atom stereocenters. The number of amides is 1. The van der Waals surface area contributed by atoms with E-state index >= 15 is 0 Å². The van der Waals surface area contributed by atoms with Gasteiger partial charge in [0.05, 0.1) is 5.69 Å². The quantitative estimate of drug-likeness (QED) is 0.446. The molecule has 0 saturated heterocycles. The molecule has 6 nitrogen and oxygen atoms in total. The van der Waals surface area contributed by atoms with Gasteiger partial charge in [-0.05, 0) is 62.4 Å². The predicted octanol–water partition coefficient (Wildman–Crippen LogP) is 4.48. The van der Waals surface area contributed by atoms with Crippen LogP contribution in [0.4, 0.5) is 10.2 Å². The third-order valence-electron chi connectivity index (χ3n) is 3.70. The summed E-state index contributed by atoms with van der Waals surface area (Å²) in [5, 5.41) is 13.7. The van der Waals surface area contributed by atoms with Gasteiger partial charge in [-0.15, -0.1) is 0 Å². The number of aromatic amines is 1. The molecule has 1 heterocycles. The van der Waals surface area contributed by atoms with Gasteiger partial charge in [-0.2, -0.15) is 10.1 Å². The van der Waals surface area contributed by atoms with E-state index in [4.69, 9.17) is 11.6 Å². The zero-order valence-corrected chi connectivity index (χ0v) is 16.1. The topological polar surface area (TPSA) is 82.2 Å². The van der Waals surface area contributed by atoms with Crippen molar-refractivity contribution in [1.29, 1.82) is 0 Å². The maximum absolute atomic E-state index is 13.1. The monoisotopic (exact) mass is 399 g/mol. The summed E-state index contributed by atoms with van der Waals surface area (Å²) in [6.45, 7) is 3.86. The van der Waals surface area contributed by atoms with Gasteiger partial charge in [0.25, 0.3) is 5.91 Å². The Kier molecular flexibility index (Phi) is 6.06. The number of hydrogen-bond acceptors (Lipinski definition) is 2. The number of aromatic nitrogens is 2. The van der Waals surface area contributed by atoms with Gasteiger partial charge in [-0.25, -0.2) is 4.39 Å². The normalized spacial score (nSPS) is 11.5. The first kappa shape index (κ1) is 19.6. The van der Waals surface area contributed by atoms with Gasteiger partial charge in [-0.3, -0.25) is 9.89 Å². The van der Waals surface area contributed by atoms with E-state index < -0.39 is 5.91 Å². The maximum Gasteiger partial charge on any atom is 0.280 e. The summed E-state index contributed by atoms with van der Waals surface area (Å²) in [5.74, 6) is 0.0962. The number of H-pyrrole nitrogens is 1. The summed E-state index contributed by atoms with van der Waals surface area (Å²) in [7, 11) is 0. The lowest BCUT2D eigenvalue weighted by Crippen LogP contribution is -2.36. The largest absolute Gasteiger partial charge is 0.354 e. The Morgan fingerprint density at radius 3 is 2.46 bits per heavy atom. The van der Waals surface area contributed by atoms with Crippen molar-refractivity contribution in [1.82, 2.24) is 15.5 Å². The van der Waals surface area contributed by atoms with Crippen LogP contribution in [0, 0.1) is 5.82 Å². The molecule has 3 rings (SSSR count). The Morgan fingerprint density at radius 1 is 1.14 bits per heavy atom. The molecule has 3 N–H and O–H groups in total. The molecule has 0 aliphatic heterocycles. The SMILES string of the molecule is CC(C)N/C(=N/C(=O)c1ccc(Cl)cc1)Nc1cc(-c2ccc(F)cc2)n[nH]1. The Morgan fingerprint density at radius 2 is 1.82 bits per heavy atom. The highest BCUT2D eigenvalue weighted by Crippen LogP contribution is 2.20. The molecule has 144 valence electrons. The minimum atomic E-state index is -0.411. The fraction of sp³-hybridized carbons (Fsp3) is 0.150. The highest BCUT2D eigenvalue weighted by atomic mass is 35.5. The van der Waals surface area contributed by atoms with Crippen molar-refractivity contribution < 1.29 is 9.18 Å². The van der Waals surface area contributed by atoms with Gasteiger partial charge in [-0.1, -0.05) is 11.6 Å². The van der Waals surface area contributed by atoms with Crippen molar-refractivity contribution >= 4 is 29.3 Å². The third kappa shape index (κ3) is 5.17. The minimum Gasteiger partial charge on any atom is -0.354 e. The van der Waals surface area contributed by atoms with Gasteiger partial charge in [0.2, 0.25) is 5.96 Å². The van der Waals surface area contributed by atoms with E-state index in [-0.39, 0.29) is 17.8 Å². The summed E-state index contributed by atoms with van der Waals surface area (Å²) < 4.78 is 13.1. The Bertz CT molecular complexity index is 981. The van der Waals surface area contributed by atoms with Crippen molar-refractivity contribution in [3.63, 3.8) is 0 Å². The van der Waals surface area contributed by atoms with Gasteiger partial charge >= 0.3 is 0 Å². The number of hydrogen-bond donors (Lipinski definition) is 3. The zero-order valence-electron chi connectivity index (χ0n) is 15.3. The number of aliphatic imine (C=N–C) groups is 1. The van der Waals surface area contributed by atoms with Crippen molar-refractivity contribution in [2.75, 3.05) is 5.32 Å². The molecule has 0 bridgehead atoms. The van der Waals surface area contributed by atoms with Crippen LogP contribution in [0.2, 0.25) is 5.02 Å². The lowest BCUT2D eigenvalue weighted by Gasteiger charge is -2.13. The smallest absolute Gasteiger partial charge is 0.280 e. The van der Waals surface area contributed by atoms with Crippen LogP contribution in [0.15, 0.2) is 59.6 Å². The standard InChI is InChI=1S/C20H19ClFN5O/c1-12(2)23-20(25-19(28)14-3-7-15(21)8-4-14)24-18-11-17(26-27-18)13-5-9-16(22)10-6-13/h3-12H,1-2H3,(H3,23,24,25,26,27,28). The van der Waals surface area contributed by atoms with Crippen LogP contribution in [0.25, 0.3) is 11.3 Å². The number of anilines is 1. The van der Waals surface area contributed by atoms with Gasteiger partial charge in [0.15, 0.2) is 0 Å². The number of carbonyl (C=O) groups excluding carboxylic acids is 1. The van der Waals surface area contributed by atoms with Crippen molar-refractivity contribution in [2.45, 2.75) is 19.9 Å². The van der Waals surface area contributed by atoms with E-state index in [2.05, 4.69) is 25.8 Å². The molecule has 28 heavy (non-hydrogen) atoms. The van der Waals surface area contributed by atoms with E-state index in [0.29, 0.717) is 22.1 Å². The van der Waals surface area contributed by atoms with Crippen LogP contribution in [0.5, 0.6) is 0 Å². The van der Waals surface area contributed by atoms with E-state index in [1.165, 1.54) is 12.1 Å². The molecular formula is C20H19ClFN5O. The van der Waals surface area contributed by atoms with E-state index in [1.807, 2.05) is 13.8 Å². The van der Waals surface area contributed by atoms with Crippen molar-refractivity contribution in [3.8, 4) is 11.3 Å². The van der Waals surface area contributed by atoms with Crippen molar-refractivity contribution in [3.05, 3.63) is 71.0 Å². The van der Waals surface area contributed by atoms with Crippen LogP contribution >= 0.6 is 11.6 Å². The molecule has 1 amide bonds. The minimum absolute atomic E-state index is 0.0451. The lowest BCUT2D eigenvalue weighted by atomic mass is 10.1. The molecule has 8 heteroatoms. The van der Waals surface area contributed by atoms with E-state index in [9.17, 15) is 9.18 Å². The molecule has 0 fully saturated rings. The van der Waals surface area contributed by atoms with Gasteiger partial charge < -0.3 is 10.6 Å². The lowest BCUT2D eigenvalue weighted by molar-refractivity contribution is 0.100. The van der Waals surface area contributed by atoms with Crippen LogP contribution in [-0.4, -0.2) is 28.1 Å². The van der Waals surface area contributed by atoms with Crippen LogP contribution in [-0.2, 0) is 0 Å². The molecule has 0 saturated carbocycles. The first-order valence-electron chi connectivity index (χ1n) is 8.64. The summed E-state index contributed by atoms with van der Waals surface area (Å²) in [4.78, 5) is 16.5. The third-order valence-corrected chi connectivity index (χ3v) is 3.95. The Hall–Kier alpha value is -3.19. The number of nitrogens with zero attached hydrogens (tertiary/aromatic N) is 2. The van der Waals surface area contributed by atoms with Crippen LogP contribution < -0.4 is 10.6 Å². The molecule has 3 aromatic rings. The maximum atomic E-state index is 13.1.